The Hall–Kier alpha value is -0.810. The smallest absolute Gasteiger partial charge is 0.407 e. The fourth-order valence-corrected chi connectivity index (χ4v) is 1.82. The minimum Gasteiger partial charge on any atom is -0.444 e. The Labute approximate surface area is 102 Å². The van der Waals surface area contributed by atoms with E-state index in [0.29, 0.717) is 0 Å². The van der Waals surface area contributed by atoms with E-state index in [1.807, 2.05) is 27.7 Å². The van der Waals surface area contributed by atoms with Gasteiger partial charge in [0.15, 0.2) is 0 Å². The molecule has 0 aromatic carbocycles. The molecule has 100 valence electrons. The van der Waals surface area contributed by atoms with Gasteiger partial charge in [-0.1, -0.05) is 0 Å². The van der Waals surface area contributed by atoms with Gasteiger partial charge in [0.05, 0.1) is 24.9 Å². The molecule has 1 rings (SSSR count). The van der Waals surface area contributed by atoms with Gasteiger partial charge in [-0.3, -0.25) is 0 Å². The number of carbonyl (C=O) groups is 1. The van der Waals surface area contributed by atoms with Crippen molar-refractivity contribution >= 4 is 6.09 Å². The minimum absolute atomic E-state index is 0.0374. The topological polar surface area (TPSA) is 67.8 Å². The highest BCUT2D eigenvalue weighted by atomic mass is 16.6. The van der Waals surface area contributed by atoms with Crippen molar-refractivity contribution in [1.82, 2.24) is 5.32 Å². The zero-order chi connectivity index (χ0) is 13.1. The Balaban J connectivity index is 2.34. The van der Waals surface area contributed by atoms with Gasteiger partial charge < -0.3 is 19.9 Å². The van der Waals surface area contributed by atoms with Gasteiger partial charge in [-0.05, 0) is 40.5 Å². The molecular weight excluding hydrogens is 222 g/mol. The zero-order valence-electron chi connectivity index (χ0n) is 11.0. The number of rotatable bonds is 3. The summed E-state index contributed by atoms with van der Waals surface area (Å²) in [6.45, 7) is 7.39. The maximum Gasteiger partial charge on any atom is 0.407 e. The molecule has 0 aromatic rings. The lowest BCUT2D eigenvalue weighted by molar-refractivity contribution is -0.00566. The first-order chi connectivity index (χ1) is 7.81. The van der Waals surface area contributed by atoms with Crippen molar-refractivity contribution in [3.63, 3.8) is 0 Å². The number of aliphatic hydroxyl groups is 1. The van der Waals surface area contributed by atoms with Crippen molar-refractivity contribution in [2.45, 2.75) is 64.4 Å². The summed E-state index contributed by atoms with van der Waals surface area (Å²) in [5, 5.41) is 11.7. The first-order valence-corrected chi connectivity index (χ1v) is 6.07. The molecule has 0 bridgehead atoms. The molecule has 17 heavy (non-hydrogen) atoms. The van der Waals surface area contributed by atoms with E-state index in [1.54, 1.807) is 0 Å². The van der Waals surface area contributed by atoms with E-state index in [0.717, 1.165) is 12.8 Å². The van der Waals surface area contributed by atoms with E-state index in [9.17, 15) is 4.79 Å². The van der Waals surface area contributed by atoms with Crippen LogP contribution in [-0.4, -0.2) is 41.7 Å². The molecule has 0 aliphatic carbocycles. The van der Waals surface area contributed by atoms with E-state index in [-0.39, 0.29) is 24.9 Å². The molecule has 5 nitrogen and oxygen atoms in total. The van der Waals surface area contributed by atoms with Gasteiger partial charge in [-0.2, -0.15) is 0 Å². The molecule has 1 fully saturated rings. The highest BCUT2D eigenvalue weighted by Crippen LogP contribution is 2.22. The van der Waals surface area contributed by atoms with E-state index in [1.165, 1.54) is 0 Å². The Kier molecular flexibility index (Phi) is 4.77. The van der Waals surface area contributed by atoms with Crippen LogP contribution in [0.4, 0.5) is 4.79 Å². The monoisotopic (exact) mass is 245 g/mol. The molecule has 0 radical (unpaired) electrons. The van der Waals surface area contributed by atoms with Crippen molar-refractivity contribution in [3.8, 4) is 0 Å². The van der Waals surface area contributed by atoms with E-state index in [2.05, 4.69) is 5.32 Å². The van der Waals surface area contributed by atoms with E-state index >= 15 is 0 Å². The van der Waals surface area contributed by atoms with Gasteiger partial charge in [0.2, 0.25) is 0 Å². The second-order valence-corrected chi connectivity index (χ2v) is 5.49. The molecule has 3 atom stereocenters. The molecule has 1 aliphatic heterocycles. The van der Waals surface area contributed by atoms with E-state index < -0.39 is 11.7 Å². The number of carbonyl (C=O) groups excluding carboxylic acids is 1. The molecule has 0 spiro atoms. The highest BCUT2D eigenvalue weighted by Gasteiger charge is 2.30. The minimum atomic E-state index is -0.492. The van der Waals surface area contributed by atoms with Gasteiger partial charge >= 0.3 is 6.09 Å². The lowest BCUT2D eigenvalue weighted by Crippen LogP contribution is -2.43. The zero-order valence-corrected chi connectivity index (χ0v) is 11.0. The normalized spacial score (nSPS) is 26.6. The van der Waals surface area contributed by atoms with Crippen molar-refractivity contribution in [2.75, 3.05) is 6.61 Å². The first kappa shape index (κ1) is 14.3. The van der Waals surface area contributed by atoms with E-state index in [4.69, 9.17) is 14.6 Å². The molecule has 2 N–H and O–H groups in total. The summed E-state index contributed by atoms with van der Waals surface area (Å²) in [7, 11) is 0. The number of amides is 1. The maximum absolute atomic E-state index is 11.5. The van der Waals surface area contributed by atoms with Crippen LogP contribution in [0.2, 0.25) is 0 Å². The largest absolute Gasteiger partial charge is 0.444 e. The van der Waals surface area contributed by atoms with Gasteiger partial charge in [-0.25, -0.2) is 4.79 Å². The Morgan fingerprint density at radius 2 is 2.18 bits per heavy atom. The fraction of sp³-hybridized carbons (Fsp3) is 0.917. The molecule has 2 unspecified atom stereocenters. The van der Waals surface area contributed by atoms with Crippen LogP contribution in [-0.2, 0) is 9.47 Å². The van der Waals surface area contributed by atoms with Crippen molar-refractivity contribution in [1.29, 1.82) is 0 Å². The summed E-state index contributed by atoms with van der Waals surface area (Å²) in [5.74, 6) is 0. The molecule has 5 heteroatoms. The Bertz CT molecular complexity index is 262. The third kappa shape index (κ3) is 4.91. The van der Waals surface area contributed by atoms with Crippen LogP contribution >= 0.6 is 0 Å². The molecule has 1 heterocycles. The third-order valence-corrected chi connectivity index (χ3v) is 2.65. The van der Waals surface area contributed by atoms with Crippen LogP contribution in [0.1, 0.15) is 40.5 Å². The second kappa shape index (κ2) is 5.69. The summed E-state index contributed by atoms with van der Waals surface area (Å²) >= 11 is 0. The predicted molar refractivity (Wildman–Crippen MR) is 63.8 cm³/mol. The number of alkyl carbamates (subject to hydrolysis) is 1. The summed E-state index contributed by atoms with van der Waals surface area (Å²) in [5.41, 5.74) is -0.492. The van der Waals surface area contributed by atoms with Crippen molar-refractivity contribution in [3.05, 3.63) is 0 Å². The summed E-state index contributed by atoms with van der Waals surface area (Å²) in [6, 6.07) is -0.110. The number of ether oxygens (including phenoxy) is 2. The predicted octanol–water partition coefficient (Wildman–Crippen LogP) is 1.44. The number of nitrogens with one attached hydrogen (secondary N) is 1. The van der Waals surface area contributed by atoms with Crippen LogP contribution in [0, 0.1) is 0 Å². The third-order valence-electron chi connectivity index (χ3n) is 2.65. The quantitative estimate of drug-likeness (QED) is 0.789. The Morgan fingerprint density at radius 3 is 2.65 bits per heavy atom. The molecule has 1 amide bonds. The van der Waals surface area contributed by atoms with Crippen LogP contribution in [0.5, 0.6) is 0 Å². The molecular formula is C12H23NO4. The molecule has 0 saturated carbocycles. The second-order valence-electron chi connectivity index (χ2n) is 5.49. The first-order valence-electron chi connectivity index (χ1n) is 6.07. The number of hydrogen-bond acceptors (Lipinski definition) is 4. The highest BCUT2D eigenvalue weighted by molar-refractivity contribution is 5.68. The molecule has 1 aliphatic rings. The summed E-state index contributed by atoms with van der Waals surface area (Å²) < 4.78 is 10.7. The summed E-state index contributed by atoms with van der Waals surface area (Å²) in [6.07, 6.45) is 1.12. The van der Waals surface area contributed by atoms with Gasteiger partial charge in [-0.15, -0.1) is 0 Å². The average Bonchev–Trinajstić information content (AvgIpc) is 2.62. The van der Waals surface area contributed by atoms with Gasteiger partial charge in [0, 0.05) is 0 Å². The lowest BCUT2D eigenvalue weighted by atomic mass is 10.1. The van der Waals surface area contributed by atoms with Gasteiger partial charge in [0.25, 0.3) is 0 Å². The average molecular weight is 245 g/mol. The molecule has 0 aromatic heterocycles. The fourth-order valence-electron chi connectivity index (χ4n) is 1.82. The SMILES string of the molecule is C[C@@H](NC(=O)OC(C)(C)C)C1CCC(CO)O1. The van der Waals surface area contributed by atoms with Gasteiger partial charge in [0.1, 0.15) is 5.60 Å². The Morgan fingerprint density at radius 1 is 1.53 bits per heavy atom. The molecule has 1 saturated heterocycles. The summed E-state index contributed by atoms with van der Waals surface area (Å²) in [4.78, 5) is 11.5. The van der Waals surface area contributed by atoms with Crippen molar-refractivity contribution in [2.24, 2.45) is 0 Å². The van der Waals surface area contributed by atoms with Crippen LogP contribution < -0.4 is 5.32 Å². The lowest BCUT2D eigenvalue weighted by Gasteiger charge is -2.24. The number of hydrogen-bond donors (Lipinski definition) is 2. The number of aliphatic hydroxyl groups excluding tert-OH is 1. The van der Waals surface area contributed by atoms with Crippen LogP contribution in [0.15, 0.2) is 0 Å². The standard InChI is InChI=1S/C12H23NO4/c1-8(10-6-5-9(7-14)16-10)13-11(15)17-12(2,3)4/h8-10,14H,5-7H2,1-4H3,(H,13,15)/t8-,9?,10?/m1/s1. The maximum atomic E-state index is 11.5. The van der Waals surface area contributed by atoms with Crippen molar-refractivity contribution < 1.29 is 19.4 Å². The van der Waals surface area contributed by atoms with Crippen LogP contribution in [0.25, 0.3) is 0 Å². The van der Waals surface area contributed by atoms with Crippen LogP contribution in [0.3, 0.4) is 0 Å².